The molecule has 2 atom stereocenters. The van der Waals surface area contributed by atoms with Crippen molar-refractivity contribution in [3.05, 3.63) is 0 Å². The van der Waals surface area contributed by atoms with E-state index >= 15 is 0 Å². The molecule has 5 heteroatoms. The third-order valence-electron chi connectivity index (χ3n) is 4.14. The normalized spacial score (nSPS) is 21.2. The lowest BCUT2D eigenvalue weighted by molar-refractivity contribution is -0.140. The molecule has 2 unspecified atom stereocenters. The third kappa shape index (κ3) is 4.73. The highest BCUT2D eigenvalue weighted by molar-refractivity contribution is 5.83. The summed E-state index contributed by atoms with van der Waals surface area (Å²) in [4.78, 5) is 23.1. The molecule has 0 saturated heterocycles. The smallest absolute Gasteiger partial charge is 0.326 e. The number of nitrogens with one attached hydrogen (secondary N) is 2. The van der Waals surface area contributed by atoms with Gasteiger partial charge in [0.2, 0.25) is 0 Å². The van der Waals surface area contributed by atoms with Gasteiger partial charge in [0.05, 0.1) is 0 Å². The Kier molecular flexibility index (Phi) is 5.63. The summed E-state index contributed by atoms with van der Waals surface area (Å²) in [6.45, 7) is 5.79. The Balaban J connectivity index is 2.55. The van der Waals surface area contributed by atoms with E-state index in [-0.39, 0.29) is 17.5 Å². The van der Waals surface area contributed by atoms with Gasteiger partial charge in [-0.1, -0.05) is 39.5 Å². The van der Waals surface area contributed by atoms with Crippen molar-refractivity contribution in [1.82, 2.24) is 10.6 Å². The maximum absolute atomic E-state index is 12.0. The van der Waals surface area contributed by atoms with E-state index in [4.69, 9.17) is 5.11 Å². The topological polar surface area (TPSA) is 78.4 Å². The number of urea groups is 1. The molecule has 5 nitrogen and oxygen atoms in total. The van der Waals surface area contributed by atoms with E-state index < -0.39 is 12.0 Å². The summed E-state index contributed by atoms with van der Waals surface area (Å²) in [5.41, 5.74) is -0.194. The van der Waals surface area contributed by atoms with Gasteiger partial charge in [-0.2, -0.15) is 0 Å². The molecular weight excluding hydrogens is 244 g/mol. The zero-order valence-corrected chi connectivity index (χ0v) is 12.2. The predicted molar refractivity (Wildman–Crippen MR) is 74.0 cm³/mol. The number of hydrogen-bond donors (Lipinski definition) is 3. The Bertz CT molecular complexity index is 325. The summed E-state index contributed by atoms with van der Waals surface area (Å²) in [5, 5.41) is 14.7. The van der Waals surface area contributed by atoms with Crippen LogP contribution in [0.3, 0.4) is 0 Å². The second-order valence-electron chi connectivity index (χ2n) is 5.92. The van der Waals surface area contributed by atoms with Gasteiger partial charge in [0.15, 0.2) is 0 Å². The van der Waals surface area contributed by atoms with Crippen molar-refractivity contribution in [3.8, 4) is 0 Å². The summed E-state index contributed by atoms with van der Waals surface area (Å²) in [5.74, 6) is -1.05. The highest BCUT2D eigenvalue weighted by Gasteiger charge is 2.31. The average Bonchev–Trinajstić information content (AvgIpc) is 2.35. The van der Waals surface area contributed by atoms with Crippen molar-refractivity contribution in [2.24, 2.45) is 5.92 Å². The van der Waals surface area contributed by atoms with Crippen LogP contribution in [0.1, 0.15) is 59.3 Å². The second-order valence-corrected chi connectivity index (χ2v) is 5.92. The first-order chi connectivity index (χ1) is 8.88. The SMILES string of the molecule is CCC(C)C(NC(=O)NC1(C)CCCCC1)C(=O)O. The van der Waals surface area contributed by atoms with Crippen LogP contribution >= 0.6 is 0 Å². The van der Waals surface area contributed by atoms with Crippen LogP contribution in [0.25, 0.3) is 0 Å². The molecule has 0 spiro atoms. The van der Waals surface area contributed by atoms with Gasteiger partial charge in [-0.15, -0.1) is 0 Å². The fourth-order valence-corrected chi connectivity index (χ4v) is 2.59. The number of carbonyl (C=O) groups is 2. The average molecular weight is 270 g/mol. The summed E-state index contributed by atoms with van der Waals surface area (Å²) in [7, 11) is 0. The van der Waals surface area contributed by atoms with E-state index in [1.807, 2.05) is 20.8 Å². The van der Waals surface area contributed by atoms with Crippen LogP contribution < -0.4 is 10.6 Å². The van der Waals surface area contributed by atoms with Gasteiger partial charge in [0.25, 0.3) is 0 Å². The Morgan fingerprint density at radius 2 is 1.84 bits per heavy atom. The molecular formula is C14H26N2O3. The molecule has 0 aromatic rings. The number of aliphatic carboxylic acids is 1. The van der Waals surface area contributed by atoms with Crippen LogP contribution in [0.15, 0.2) is 0 Å². The molecule has 1 saturated carbocycles. The Morgan fingerprint density at radius 1 is 1.26 bits per heavy atom. The van der Waals surface area contributed by atoms with Crippen LogP contribution in [-0.4, -0.2) is 28.7 Å². The maximum atomic E-state index is 12.0. The molecule has 0 bridgehead atoms. The van der Waals surface area contributed by atoms with E-state index in [2.05, 4.69) is 10.6 Å². The number of amides is 2. The third-order valence-corrected chi connectivity index (χ3v) is 4.14. The first-order valence-electron chi connectivity index (χ1n) is 7.19. The van der Waals surface area contributed by atoms with Crippen molar-refractivity contribution >= 4 is 12.0 Å². The highest BCUT2D eigenvalue weighted by atomic mass is 16.4. The fourth-order valence-electron chi connectivity index (χ4n) is 2.59. The molecule has 110 valence electrons. The largest absolute Gasteiger partial charge is 0.480 e. The zero-order valence-electron chi connectivity index (χ0n) is 12.2. The highest BCUT2D eigenvalue weighted by Crippen LogP contribution is 2.27. The maximum Gasteiger partial charge on any atom is 0.326 e. The van der Waals surface area contributed by atoms with Crippen LogP contribution in [0, 0.1) is 5.92 Å². The quantitative estimate of drug-likeness (QED) is 0.718. The van der Waals surface area contributed by atoms with Crippen molar-refractivity contribution in [2.45, 2.75) is 70.9 Å². The molecule has 0 radical (unpaired) electrons. The van der Waals surface area contributed by atoms with Crippen molar-refractivity contribution < 1.29 is 14.7 Å². The minimum atomic E-state index is -0.974. The van der Waals surface area contributed by atoms with Gasteiger partial charge >= 0.3 is 12.0 Å². The van der Waals surface area contributed by atoms with E-state index in [1.165, 1.54) is 6.42 Å². The number of rotatable bonds is 5. The van der Waals surface area contributed by atoms with Gasteiger partial charge < -0.3 is 15.7 Å². The molecule has 3 N–H and O–H groups in total. The molecule has 0 heterocycles. The molecule has 1 aliphatic carbocycles. The molecule has 19 heavy (non-hydrogen) atoms. The van der Waals surface area contributed by atoms with Crippen molar-refractivity contribution in [1.29, 1.82) is 0 Å². The van der Waals surface area contributed by atoms with Crippen LogP contribution in [0.2, 0.25) is 0 Å². The molecule has 0 aromatic heterocycles. The summed E-state index contributed by atoms with van der Waals surface area (Å²) in [6.07, 6.45) is 6.08. The predicted octanol–water partition coefficient (Wildman–Crippen LogP) is 2.51. The fraction of sp³-hybridized carbons (Fsp3) is 0.857. The minimum absolute atomic E-state index is 0.0811. The first-order valence-corrected chi connectivity index (χ1v) is 7.19. The van der Waals surface area contributed by atoms with Crippen LogP contribution in [0.4, 0.5) is 4.79 Å². The van der Waals surface area contributed by atoms with Gasteiger partial charge in [-0.25, -0.2) is 9.59 Å². The van der Waals surface area contributed by atoms with E-state index in [0.717, 1.165) is 25.7 Å². The second kappa shape index (κ2) is 6.78. The molecule has 1 rings (SSSR count). The molecule has 0 aromatic carbocycles. The van der Waals surface area contributed by atoms with Crippen LogP contribution in [-0.2, 0) is 4.79 Å². The number of carboxylic acids is 1. The lowest BCUT2D eigenvalue weighted by Crippen LogP contribution is -2.55. The summed E-state index contributed by atoms with van der Waals surface area (Å²) >= 11 is 0. The summed E-state index contributed by atoms with van der Waals surface area (Å²) < 4.78 is 0. The first kappa shape index (κ1) is 15.8. The van der Waals surface area contributed by atoms with E-state index in [1.54, 1.807) is 0 Å². The molecule has 1 aliphatic rings. The lowest BCUT2D eigenvalue weighted by atomic mass is 9.83. The van der Waals surface area contributed by atoms with Crippen molar-refractivity contribution in [2.75, 3.05) is 0 Å². The standard InChI is InChI=1S/C14H26N2O3/c1-4-10(2)11(12(17)18)15-13(19)16-14(3)8-6-5-7-9-14/h10-11H,4-9H2,1-3H3,(H,17,18)(H2,15,16,19). The number of hydrogen-bond acceptors (Lipinski definition) is 2. The monoisotopic (exact) mass is 270 g/mol. The van der Waals surface area contributed by atoms with Crippen molar-refractivity contribution in [3.63, 3.8) is 0 Å². The Labute approximate surface area is 115 Å². The zero-order chi connectivity index (χ0) is 14.5. The van der Waals surface area contributed by atoms with Gasteiger partial charge in [-0.3, -0.25) is 0 Å². The molecule has 2 amide bonds. The number of carbonyl (C=O) groups excluding carboxylic acids is 1. The number of carboxylic acid groups (broad SMARTS) is 1. The Hall–Kier alpha value is -1.26. The molecule has 0 aliphatic heterocycles. The minimum Gasteiger partial charge on any atom is -0.480 e. The lowest BCUT2D eigenvalue weighted by Gasteiger charge is -2.35. The van der Waals surface area contributed by atoms with Gasteiger partial charge in [0.1, 0.15) is 6.04 Å². The van der Waals surface area contributed by atoms with Crippen LogP contribution in [0.5, 0.6) is 0 Å². The summed E-state index contributed by atoms with van der Waals surface area (Å²) in [6, 6.07) is -1.19. The molecule has 1 fully saturated rings. The van der Waals surface area contributed by atoms with E-state index in [0.29, 0.717) is 6.42 Å². The van der Waals surface area contributed by atoms with E-state index in [9.17, 15) is 9.59 Å². The van der Waals surface area contributed by atoms with Gasteiger partial charge in [0, 0.05) is 5.54 Å². The Morgan fingerprint density at radius 3 is 2.32 bits per heavy atom. The van der Waals surface area contributed by atoms with Gasteiger partial charge in [-0.05, 0) is 25.7 Å².